The molecule has 4 aromatic rings. The van der Waals surface area contributed by atoms with Gasteiger partial charge in [0, 0.05) is 16.3 Å². The Morgan fingerprint density at radius 3 is 2.44 bits per heavy atom. The Morgan fingerprint density at radius 2 is 1.72 bits per heavy atom. The van der Waals surface area contributed by atoms with Gasteiger partial charge in [-0.2, -0.15) is 4.98 Å². The van der Waals surface area contributed by atoms with Gasteiger partial charge in [-0.15, -0.1) is 5.10 Å². The summed E-state index contributed by atoms with van der Waals surface area (Å²) in [6, 6.07) is 24.9. The molecule has 3 aromatic carbocycles. The molecule has 0 aliphatic carbocycles. The minimum absolute atomic E-state index is 0.171. The van der Waals surface area contributed by atoms with Crippen LogP contribution >= 0.6 is 11.6 Å². The molecular weight excluding hydrogens is 422 g/mol. The van der Waals surface area contributed by atoms with Gasteiger partial charge in [0.05, 0.1) is 0 Å². The summed E-state index contributed by atoms with van der Waals surface area (Å²) >= 11 is 5.92. The topological polar surface area (TPSA) is 71.8 Å². The average Bonchev–Trinajstić information content (AvgIpc) is 3.22. The molecule has 1 amide bonds. The number of aromatic nitrogens is 3. The first-order valence-corrected chi connectivity index (χ1v) is 10.6. The fraction of sp³-hybridized carbons (Fsp3) is 0.0800. The van der Waals surface area contributed by atoms with Gasteiger partial charge in [0.25, 0.3) is 11.9 Å². The predicted molar refractivity (Wildman–Crippen MR) is 127 cm³/mol. The minimum Gasteiger partial charge on any atom is -0.324 e. The van der Waals surface area contributed by atoms with Gasteiger partial charge in [0.15, 0.2) is 0 Å². The van der Waals surface area contributed by atoms with Gasteiger partial charge < -0.3 is 5.32 Å². The average molecular weight is 442 g/mol. The molecule has 0 spiro atoms. The molecule has 1 aromatic heterocycles. The highest BCUT2D eigenvalue weighted by Crippen LogP contribution is 2.33. The normalized spacial score (nSPS) is 14.8. The van der Waals surface area contributed by atoms with Crippen LogP contribution in [0.1, 0.15) is 33.1 Å². The van der Waals surface area contributed by atoms with E-state index in [2.05, 4.69) is 58.0 Å². The Kier molecular flexibility index (Phi) is 5.21. The molecule has 5 rings (SSSR count). The Morgan fingerprint density at radius 1 is 1.00 bits per heavy atom. The van der Waals surface area contributed by atoms with E-state index in [1.807, 2.05) is 30.3 Å². The number of carbonyl (C=O) groups excluding carboxylic acids is 1. The molecule has 1 aliphatic rings. The van der Waals surface area contributed by atoms with Gasteiger partial charge in [-0.1, -0.05) is 71.8 Å². The van der Waals surface area contributed by atoms with Crippen LogP contribution in [-0.4, -0.2) is 20.7 Å². The fourth-order valence-electron chi connectivity index (χ4n) is 3.61. The zero-order valence-electron chi connectivity index (χ0n) is 17.3. The number of hydrogen-bond acceptors (Lipinski definition) is 4. The third-order valence-corrected chi connectivity index (χ3v) is 5.55. The highest BCUT2D eigenvalue weighted by atomic mass is 35.5. The monoisotopic (exact) mass is 441 g/mol. The van der Waals surface area contributed by atoms with Crippen LogP contribution in [0.25, 0.3) is 5.70 Å². The van der Waals surface area contributed by atoms with Crippen LogP contribution in [0.2, 0.25) is 5.02 Å². The molecule has 0 radical (unpaired) electrons. The van der Waals surface area contributed by atoms with Crippen molar-refractivity contribution in [1.29, 1.82) is 0 Å². The third-order valence-electron chi connectivity index (χ3n) is 5.30. The summed E-state index contributed by atoms with van der Waals surface area (Å²) in [4.78, 5) is 17.2. The molecule has 158 valence electrons. The van der Waals surface area contributed by atoms with Gasteiger partial charge in [0.1, 0.15) is 6.04 Å². The summed E-state index contributed by atoms with van der Waals surface area (Å²) < 4.78 is 1.79. The van der Waals surface area contributed by atoms with Crippen molar-refractivity contribution in [3.8, 4) is 0 Å². The SMILES string of the molecule is Cc1ccc([C@H]2C=C(c3ccccc3)Nc3nc(NC(=O)c4ccc(Cl)cc4)nn32)cc1. The summed E-state index contributed by atoms with van der Waals surface area (Å²) in [6.45, 7) is 2.06. The first-order chi connectivity index (χ1) is 15.6. The Labute approximate surface area is 190 Å². The lowest BCUT2D eigenvalue weighted by atomic mass is 10.0. The maximum absolute atomic E-state index is 12.6. The number of nitrogens with one attached hydrogen (secondary N) is 2. The number of aryl methyl sites for hydroxylation is 1. The third kappa shape index (κ3) is 4.00. The summed E-state index contributed by atoms with van der Waals surface area (Å²) in [5.41, 5.74) is 4.72. The van der Waals surface area contributed by atoms with Gasteiger partial charge in [-0.25, -0.2) is 4.68 Å². The van der Waals surface area contributed by atoms with Crippen molar-refractivity contribution >= 4 is 35.1 Å². The van der Waals surface area contributed by atoms with Crippen LogP contribution in [0, 0.1) is 6.92 Å². The van der Waals surface area contributed by atoms with E-state index in [9.17, 15) is 4.79 Å². The first-order valence-electron chi connectivity index (χ1n) is 10.2. The number of nitrogens with zero attached hydrogens (tertiary/aromatic N) is 3. The number of rotatable bonds is 4. The van der Waals surface area contributed by atoms with Crippen molar-refractivity contribution in [3.05, 3.63) is 112 Å². The highest BCUT2D eigenvalue weighted by Gasteiger charge is 2.26. The quantitative estimate of drug-likeness (QED) is 0.435. The molecule has 0 bridgehead atoms. The van der Waals surface area contributed by atoms with E-state index in [0.29, 0.717) is 16.5 Å². The summed E-state index contributed by atoms with van der Waals surface area (Å²) in [5, 5.41) is 11.3. The highest BCUT2D eigenvalue weighted by molar-refractivity contribution is 6.30. The number of anilines is 2. The van der Waals surface area contributed by atoms with E-state index in [4.69, 9.17) is 11.6 Å². The molecule has 2 heterocycles. The first kappa shape index (κ1) is 20.0. The van der Waals surface area contributed by atoms with Crippen LogP contribution < -0.4 is 10.6 Å². The van der Waals surface area contributed by atoms with Gasteiger partial charge >= 0.3 is 0 Å². The molecule has 0 saturated carbocycles. The van der Waals surface area contributed by atoms with E-state index >= 15 is 0 Å². The van der Waals surface area contributed by atoms with E-state index in [-0.39, 0.29) is 17.9 Å². The lowest BCUT2D eigenvalue weighted by Crippen LogP contribution is -2.20. The Bertz CT molecular complexity index is 1290. The number of carbonyl (C=O) groups is 1. The summed E-state index contributed by atoms with van der Waals surface area (Å²) in [6.07, 6.45) is 2.12. The van der Waals surface area contributed by atoms with Crippen LogP contribution in [0.3, 0.4) is 0 Å². The molecule has 7 heteroatoms. The molecule has 1 aliphatic heterocycles. The van der Waals surface area contributed by atoms with E-state index in [1.165, 1.54) is 5.56 Å². The molecular formula is C25H20ClN5O. The van der Waals surface area contributed by atoms with Gasteiger partial charge in [0.2, 0.25) is 5.95 Å². The van der Waals surface area contributed by atoms with Crippen molar-refractivity contribution in [2.45, 2.75) is 13.0 Å². The van der Waals surface area contributed by atoms with Crippen LogP contribution in [0.4, 0.5) is 11.9 Å². The maximum Gasteiger partial charge on any atom is 0.258 e. The standard InChI is InChI=1S/C25H20ClN5O/c1-16-7-9-18(10-8-16)22-15-21(17-5-3-2-4-6-17)27-25-29-24(30-31(22)25)28-23(32)19-11-13-20(26)14-12-19/h2-15,22H,1H3,(H2,27,28,29,30,32)/t22-/m1/s1. The second kappa shape index (κ2) is 8.32. The van der Waals surface area contributed by atoms with Gasteiger partial charge in [-0.05, 0) is 48.4 Å². The van der Waals surface area contributed by atoms with Crippen molar-refractivity contribution in [2.75, 3.05) is 10.6 Å². The maximum atomic E-state index is 12.6. The van der Waals surface area contributed by atoms with Crippen molar-refractivity contribution in [3.63, 3.8) is 0 Å². The van der Waals surface area contributed by atoms with Crippen LogP contribution in [0.5, 0.6) is 0 Å². The number of fused-ring (bicyclic) bond motifs is 1. The molecule has 0 fully saturated rings. The molecule has 0 unspecified atom stereocenters. The van der Waals surface area contributed by atoms with Crippen LogP contribution in [-0.2, 0) is 0 Å². The summed E-state index contributed by atoms with van der Waals surface area (Å²) in [5.74, 6) is 0.489. The lowest BCUT2D eigenvalue weighted by Gasteiger charge is -2.24. The largest absolute Gasteiger partial charge is 0.324 e. The van der Waals surface area contributed by atoms with E-state index < -0.39 is 0 Å². The van der Waals surface area contributed by atoms with Crippen molar-refractivity contribution in [1.82, 2.24) is 14.8 Å². The predicted octanol–water partition coefficient (Wildman–Crippen LogP) is 5.55. The Balaban J connectivity index is 1.50. The molecule has 32 heavy (non-hydrogen) atoms. The van der Waals surface area contributed by atoms with E-state index in [0.717, 1.165) is 16.8 Å². The molecule has 0 saturated heterocycles. The second-order valence-electron chi connectivity index (χ2n) is 7.59. The minimum atomic E-state index is -0.298. The molecule has 2 N–H and O–H groups in total. The van der Waals surface area contributed by atoms with Crippen molar-refractivity contribution < 1.29 is 4.79 Å². The number of allylic oxidation sites excluding steroid dienone is 1. The summed E-state index contributed by atoms with van der Waals surface area (Å²) in [7, 11) is 0. The zero-order valence-corrected chi connectivity index (χ0v) is 18.0. The number of hydrogen-bond donors (Lipinski definition) is 2. The Hall–Kier alpha value is -3.90. The number of amides is 1. The second-order valence-corrected chi connectivity index (χ2v) is 8.03. The smallest absolute Gasteiger partial charge is 0.258 e. The van der Waals surface area contributed by atoms with E-state index in [1.54, 1.807) is 28.9 Å². The molecule has 6 nitrogen and oxygen atoms in total. The lowest BCUT2D eigenvalue weighted by molar-refractivity contribution is 0.102. The van der Waals surface area contributed by atoms with Gasteiger partial charge in [-0.3, -0.25) is 10.1 Å². The van der Waals surface area contributed by atoms with Crippen molar-refractivity contribution in [2.24, 2.45) is 0 Å². The number of benzene rings is 3. The zero-order chi connectivity index (χ0) is 22.1. The fourth-order valence-corrected chi connectivity index (χ4v) is 3.73. The molecule has 1 atom stereocenters. The number of halogens is 1. The van der Waals surface area contributed by atoms with Crippen LogP contribution in [0.15, 0.2) is 84.9 Å².